The van der Waals surface area contributed by atoms with Crippen molar-refractivity contribution in [1.82, 2.24) is 0 Å². The minimum absolute atomic E-state index is 0.0635. The molecule has 0 unspecified atom stereocenters. The molecule has 2 aromatic rings. The van der Waals surface area contributed by atoms with Gasteiger partial charge < -0.3 is 5.11 Å². The minimum Gasteiger partial charge on any atom is -0.396 e. The van der Waals surface area contributed by atoms with E-state index in [-0.39, 0.29) is 24.2 Å². The van der Waals surface area contributed by atoms with Gasteiger partial charge in [-0.05, 0) is 37.0 Å². The van der Waals surface area contributed by atoms with Crippen LogP contribution in [-0.2, 0) is 4.84 Å². The van der Waals surface area contributed by atoms with Gasteiger partial charge in [0.1, 0.15) is 0 Å². The fourth-order valence-electron chi connectivity index (χ4n) is 4.12. The number of hydrogen-bond acceptors (Lipinski definition) is 3. The molecule has 22 heavy (non-hydrogen) atoms. The summed E-state index contributed by atoms with van der Waals surface area (Å²) in [6, 6.07) is 20.7. The molecule has 0 spiro atoms. The van der Waals surface area contributed by atoms with Crippen molar-refractivity contribution in [2.45, 2.75) is 31.4 Å². The number of hydrogen-bond donors (Lipinski definition) is 1. The third kappa shape index (κ3) is 1.97. The van der Waals surface area contributed by atoms with Crippen molar-refractivity contribution in [2.24, 2.45) is 5.41 Å². The highest BCUT2D eigenvalue weighted by molar-refractivity contribution is 5.49. The van der Waals surface area contributed by atoms with Crippen molar-refractivity contribution >= 4 is 5.69 Å². The molecule has 3 nitrogen and oxygen atoms in total. The molecular formula is C19H21NO2. The predicted octanol–water partition coefficient (Wildman–Crippen LogP) is 3.71. The fraction of sp³-hybridized carbons (Fsp3) is 0.368. The van der Waals surface area contributed by atoms with Gasteiger partial charge in [-0.15, -0.1) is 0 Å². The molecule has 2 aliphatic rings. The van der Waals surface area contributed by atoms with Gasteiger partial charge in [0.25, 0.3) is 0 Å². The molecule has 1 aliphatic carbocycles. The zero-order chi connectivity index (χ0) is 15.0. The lowest BCUT2D eigenvalue weighted by molar-refractivity contribution is 0.0280. The number of aliphatic hydroxyl groups is 1. The van der Waals surface area contributed by atoms with E-state index in [1.54, 1.807) is 0 Å². The smallest absolute Gasteiger partial charge is 0.0959 e. The molecule has 3 heteroatoms. The number of rotatable bonds is 3. The first-order valence-corrected chi connectivity index (χ1v) is 8.02. The van der Waals surface area contributed by atoms with E-state index in [4.69, 9.17) is 4.84 Å². The maximum absolute atomic E-state index is 10.2. The summed E-state index contributed by atoms with van der Waals surface area (Å²) in [5.74, 6) is 0. The lowest BCUT2D eigenvalue weighted by atomic mass is 9.75. The van der Waals surface area contributed by atoms with Crippen LogP contribution in [0.3, 0.4) is 0 Å². The van der Waals surface area contributed by atoms with Gasteiger partial charge in [-0.1, -0.05) is 48.5 Å². The Bertz CT molecular complexity index is 630. The van der Waals surface area contributed by atoms with Crippen molar-refractivity contribution < 1.29 is 9.94 Å². The van der Waals surface area contributed by atoms with Gasteiger partial charge in [0.05, 0.1) is 24.4 Å². The van der Waals surface area contributed by atoms with Crippen LogP contribution in [-0.4, -0.2) is 17.8 Å². The first-order valence-electron chi connectivity index (χ1n) is 8.02. The zero-order valence-electron chi connectivity index (χ0n) is 12.6. The van der Waals surface area contributed by atoms with E-state index in [2.05, 4.69) is 36.4 Å². The second-order valence-electron chi connectivity index (χ2n) is 6.35. The largest absolute Gasteiger partial charge is 0.396 e. The summed E-state index contributed by atoms with van der Waals surface area (Å²) in [6.07, 6.45) is 3.25. The molecular weight excluding hydrogens is 274 g/mol. The number of aliphatic hydroxyl groups excluding tert-OH is 1. The molecule has 0 aromatic heterocycles. The Kier molecular flexibility index (Phi) is 3.40. The number of hydroxylamine groups is 1. The Morgan fingerprint density at radius 3 is 2.41 bits per heavy atom. The van der Waals surface area contributed by atoms with E-state index >= 15 is 0 Å². The molecule has 114 valence electrons. The Morgan fingerprint density at radius 1 is 1.05 bits per heavy atom. The third-order valence-electron chi connectivity index (χ3n) is 5.19. The van der Waals surface area contributed by atoms with E-state index in [1.807, 2.05) is 29.3 Å². The topological polar surface area (TPSA) is 32.7 Å². The quantitative estimate of drug-likeness (QED) is 0.937. The van der Waals surface area contributed by atoms with Crippen LogP contribution in [0.15, 0.2) is 60.7 Å². The first kappa shape index (κ1) is 13.8. The molecule has 1 aliphatic heterocycles. The molecule has 4 rings (SSSR count). The normalized spacial score (nSPS) is 30.5. The minimum atomic E-state index is -0.197. The van der Waals surface area contributed by atoms with Crippen LogP contribution >= 0.6 is 0 Å². The summed E-state index contributed by atoms with van der Waals surface area (Å²) in [7, 11) is 0. The van der Waals surface area contributed by atoms with Crippen LogP contribution in [0.4, 0.5) is 5.69 Å². The highest BCUT2D eigenvalue weighted by Gasteiger charge is 2.58. The molecule has 2 fully saturated rings. The predicted molar refractivity (Wildman–Crippen MR) is 86.3 cm³/mol. The van der Waals surface area contributed by atoms with Crippen LogP contribution in [0.2, 0.25) is 0 Å². The number of benzene rings is 2. The average molecular weight is 295 g/mol. The molecule has 0 amide bonds. The van der Waals surface area contributed by atoms with E-state index in [9.17, 15) is 5.11 Å². The molecule has 3 atom stereocenters. The van der Waals surface area contributed by atoms with Crippen molar-refractivity contribution in [3.63, 3.8) is 0 Å². The van der Waals surface area contributed by atoms with Gasteiger partial charge in [-0.2, -0.15) is 0 Å². The fourth-order valence-corrected chi connectivity index (χ4v) is 4.12. The molecule has 1 saturated carbocycles. The lowest BCUT2D eigenvalue weighted by Crippen LogP contribution is -2.36. The van der Waals surface area contributed by atoms with Gasteiger partial charge in [0, 0.05) is 5.41 Å². The van der Waals surface area contributed by atoms with Crippen LogP contribution in [0.5, 0.6) is 0 Å². The van der Waals surface area contributed by atoms with E-state index in [0.29, 0.717) is 0 Å². The molecule has 0 bridgehead atoms. The Balaban J connectivity index is 1.82. The van der Waals surface area contributed by atoms with Crippen molar-refractivity contribution in [2.75, 3.05) is 11.7 Å². The van der Waals surface area contributed by atoms with Crippen molar-refractivity contribution in [3.05, 3.63) is 66.2 Å². The van der Waals surface area contributed by atoms with Crippen LogP contribution < -0.4 is 5.06 Å². The van der Waals surface area contributed by atoms with Crippen LogP contribution in [0.25, 0.3) is 0 Å². The maximum Gasteiger partial charge on any atom is 0.0959 e. The number of anilines is 1. The van der Waals surface area contributed by atoms with E-state index < -0.39 is 0 Å². The summed E-state index contributed by atoms with van der Waals surface area (Å²) >= 11 is 0. The zero-order valence-corrected chi connectivity index (χ0v) is 12.6. The van der Waals surface area contributed by atoms with Crippen LogP contribution in [0.1, 0.15) is 30.9 Å². The summed E-state index contributed by atoms with van der Waals surface area (Å²) in [6.45, 7) is 0.167. The Labute approximate surface area is 131 Å². The van der Waals surface area contributed by atoms with Gasteiger partial charge in [0.2, 0.25) is 0 Å². The number of para-hydroxylation sites is 1. The lowest BCUT2D eigenvalue weighted by Gasteiger charge is -2.34. The van der Waals surface area contributed by atoms with E-state index in [0.717, 1.165) is 24.9 Å². The highest BCUT2D eigenvalue weighted by Crippen LogP contribution is 2.57. The number of nitrogens with zero attached hydrogens (tertiary/aromatic N) is 1. The Morgan fingerprint density at radius 2 is 1.73 bits per heavy atom. The van der Waals surface area contributed by atoms with Gasteiger partial charge in [0.15, 0.2) is 0 Å². The summed E-state index contributed by atoms with van der Waals surface area (Å²) in [5.41, 5.74) is 2.07. The van der Waals surface area contributed by atoms with Crippen molar-refractivity contribution in [1.29, 1.82) is 0 Å². The summed E-state index contributed by atoms with van der Waals surface area (Å²) < 4.78 is 0. The first-order chi connectivity index (χ1) is 10.8. The van der Waals surface area contributed by atoms with Gasteiger partial charge >= 0.3 is 0 Å². The molecule has 1 N–H and O–H groups in total. The molecule has 1 saturated heterocycles. The second kappa shape index (κ2) is 5.41. The van der Waals surface area contributed by atoms with Crippen LogP contribution in [0, 0.1) is 5.41 Å². The summed E-state index contributed by atoms with van der Waals surface area (Å²) in [5, 5.41) is 12.2. The van der Waals surface area contributed by atoms with Gasteiger partial charge in [-0.25, -0.2) is 5.06 Å². The Hall–Kier alpha value is -1.84. The number of fused-ring (bicyclic) bond motifs is 1. The molecule has 1 heterocycles. The molecule has 0 radical (unpaired) electrons. The second-order valence-corrected chi connectivity index (χ2v) is 6.35. The summed E-state index contributed by atoms with van der Waals surface area (Å²) in [4.78, 5) is 6.31. The monoisotopic (exact) mass is 295 g/mol. The van der Waals surface area contributed by atoms with E-state index in [1.165, 1.54) is 5.56 Å². The maximum atomic E-state index is 10.2. The van der Waals surface area contributed by atoms with Gasteiger partial charge in [-0.3, -0.25) is 4.84 Å². The average Bonchev–Trinajstić information content (AvgIpc) is 3.12. The molecule has 2 aromatic carbocycles. The third-order valence-corrected chi connectivity index (χ3v) is 5.19. The van der Waals surface area contributed by atoms with Crippen molar-refractivity contribution in [3.8, 4) is 0 Å². The standard InChI is InChI=1S/C19H21NO2/c21-14-19-13-7-12-17(19)22-20(16-10-5-2-6-11-16)18(19)15-8-3-1-4-9-15/h1-6,8-11,17-18,21H,7,12-14H2/t17-,18+,19-/m0/s1. The SMILES string of the molecule is OC[C@@]12CCC[C@@H]1ON(c1ccccc1)[C@@H]2c1ccccc1. The highest BCUT2D eigenvalue weighted by atomic mass is 16.7.